The molecule has 0 saturated heterocycles. The lowest BCUT2D eigenvalue weighted by atomic mass is 9.73. The molecule has 0 fully saturated rings. The van der Waals surface area contributed by atoms with Gasteiger partial charge in [-0.15, -0.1) is 0 Å². The van der Waals surface area contributed by atoms with Crippen molar-refractivity contribution < 1.29 is 4.79 Å². The zero-order valence-electron chi connectivity index (χ0n) is 13.9. The third kappa shape index (κ3) is 2.81. The van der Waals surface area contributed by atoms with E-state index in [9.17, 15) is 4.79 Å². The van der Waals surface area contributed by atoms with Crippen molar-refractivity contribution >= 4 is 27.5 Å². The quantitative estimate of drug-likeness (QED) is 0.751. The predicted molar refractivity (Wildman–Crippen MR) is 99.2 cm³/mol. The summed E-state index contributed by atoms with van der Waals surface area (Å²) in [5.41, 5.74) is 6.72. The maximum atomic E-state index is 12.7. The number of rotatable bonds is 6. The van der Waals surface area contributed by atoms with Gasteiger partial charge >= 0.3 is 0 Å². The van der Waals surface area contributed by atoms with Gasteiger partial charge in [-0.05, 0) is 50.2 Å². The minimum absolute atomic E-state index is 0.355. The maximum Gasteiger partial charge on any atom is 0.234 e. The van der Waals surface area contributed by atoms with Crippen molar-refractivity contribution in [2.45, 2.75) is 11.8 Å². The van der Waals surface area contributed by atoms with Crippen molar-refractivity contribution in [1.29, 1.82) is 0 Å². The van der Waals surface area contributed by atoms with E-state index in [0.29, 0.717) is 6.42 Å². The van der Waals surface area contributed by atoms with E-state index in [0.717, 1.165) is 27.9 Å². The first-order valence-corrected chi connectivity index (χ1v) is 8.68. The average molecular weight is 339 g/mol. The van der Waals surface area contributed by atoms with Gasteiger partial charge in [0.05, 0.1) is 10.4 Å². The van der Waals surface area contributed by atoms with E-state index < -0.39 is 5.41 Å². The van der Waals surface area contributed by atoms with E-state index >= 15 is 0 Å². The van der Waals surface area contributed by atoms with Crippen molar-refractivity contribution in [2.24, 2.45) is 5.73 Å². The minimum Gasteiger partial charge on any atom is -0.369 e. The Hall–Kier alpha value is -2.24. The number of amides is 1. The van der Waals surface area contributed by atoms with Crippen LogP contribution in [-0.4, -0.2) is 35.8 Å². The Balaban J connectivity index is 2.26. The summed E-state index contributed by atoms with van der Waals surface area (Å²) in [6.07, 6.45) is 0.590. The molecule has 0 aliphatic carbocycles. The zero-order valence-corrected chi connectivity index (χ0v) is 14.7. The Bertz CT molecular complexity index is 844. The Morgan fingerprint density at radius 1 is 1.12 bits per heavy atom. The molecule has 0 aliphatic rings. The number of aromatic nitrogens is 1. The van der Waals surface area contributed by atoms with Gasteiger partial charge in [-0.2, -0.15) is 4.37 Å². The summed E-state index contributed by atoms with van der Waals surface area (Å²) in [6.45, 7) is 0.740. The van der Waals surface area contributed by atoms with Crippen molar-refractivity contribution in [1.82, 2.24) is 9.27 Å². The number of carbonyl (C=O) groups is 1. The number of hydrogen-bond donors (Lipinski definition) is 1. The van der Waals surface area contributed by atoms with Crippen LogP contribution in [0.1, 0.15) is 17.7 Å². The van der Waals surface area contributed by atoms with Crippen LogP contribution in [0, 0.1) is 0 Å². The lowest BCUT2D eigenvalue weighted by Crippen LogP contribution is -2.44. The van der Waals surface area contributed by atoms with Gasteiger partial charge < -0.3 is 10.6 Å². The molecule has 3 rings (SSSR count). The Kier molecular flexibility index (Phi) is 4.64. The molecule has 2 aromatic carbocycles. The van der Waals surface area contributed by atoms with Crippen molar-refractivity contribution in [3.05, 3.63) is 65.9 Å². The highest BCUT2D eigenvalue weighted by atomic mass is 32.1. The SMILES string of the molecule is CN(C)CCC(C(N)=O)(c1ccccc1)c1nsc2ccccc12. The van der Waals surface area contributed by atoms with Gasteiger partial charge in [0.2, 0.25) is 5.91 Å². The number of fused-ring (bicyclic) bond motifs is 1. The van der Waals surface area contributed by atoms with E-state index in [4.69, 9.17) is 5.73 Å². The average Bonchev–Trinajstić information content (AvgIpc) is 3.01. The molecule has 24 heavy (non-hydrogen) atoms. The van der Waals surface area contributed by atoms with Crippen LogP contribution >= 0.6 is 11.5 Å². The van der Waals surface area contributed by atoms with Crippen molar-refractivity contribution in [2.75, 3.05) is 20.6 Å². The molecule has 1 heterocycles. The van der Waals surface area contributed by atoms with Gasteiger partial charge in [0.15, 0.2) is 0 Å². The molecule has 0 aliphatic heterocycles. The normalized spacial score (nSPS) is 14.0. The van der Waals surface area contributed by atoms with E-state index in [-0.39, 0.29) is 5.91 Å². The zero-order chi connectivity index (χ0) is 17.2. The lowest BCUT2D eigenvalue weighted by Gasteiger charge is -2.31. The van der Waals surface area contributed by atoms with Crippen LogP contribution in [0.5, 0.6) is 0 Å². The smallest absolute Gasteiger partial charge is 0.234 e. The third-order valence-electron chi connectivity index (χ3n) is 4.40. The molecule has 124 valence electrons. The van der Waals surface area contributed by atoms with Crippen molar-refractivity contribution in [3.63, 3.8) is 0 Å². The summed E-state index contributed by atoms with van der Waals surface area (Å²) < 4.78 is 5.73. The Morgan fingerprint density at radius 3 is 2.46 bits per heavy atom. The number of primary amides is 1. The summed E-state index contributed by atoms with van der Waals surface area (Å²) in [5.74, 6) is -0.355. The number of nitrogens with two attached hydrogens (primary N) is 1. The summed E-state index contributed by atoms with van der Waals surface area (Å²) in [7, 11) is 3.99. The fourth-order valence-electron chi connectivity index (χ4n) is 3.09. The van der Waals surface area contributed by atoms with Crippen LogP contribution in [0.25, 0.3) is 10.1 Å². The van der Waals surface area contributed by atoms with E-state index in [1.54, 1.807) is 0 Å². The summed E-state index contributed by atoms with van der Waals surface area (Å²) >= 11 is 1.42. The lowest BCUT2D eigenvalue weighted by molar-refractivity contribution is -0.122. The van der Waals surface area contributed by atoms with Crippen LogP contribution in [0.2, 0.25) is 0 Å². The molecule has 1 atom stereocenters. The molecule has 0 spiro atoms. The van der Waals surface area contributed by atoms with Crippen molar-refractivity contribution in [3.8, 4) is 0 Å². The van der Waals surface area contributed by atoms with E-state index in [1.807, 2.05) is 68.7 Å². The van der Waals surface area contributed by atoms with Gasteiger partial charge in [-0.3, -0.25) is 4.79 Å². The molecule has 2 N–H and O–H groups in total. The topological polar surface area (TPSA) is 59.2 Å². The molecule has 0 radical (unpaired) electrons. The highest BCUT2D eigenvalue weighted by Gasteiger charge is 2.43. The second-order valence-electron chi connectivity index (χ2n) is 6.22. The largest absolute Gasteiger partial charge is 0.369 e. The summed E-state index contributed by atoms with van der Waals surface area (Å²) in [4.78, 5) is 14.8. The molecule has 0 bridgehead atoms. The molecule has 1 unspecified atom stereocenters. The van der Waals surface area contributed by atoms with Crippen LogP contribution in [0.4, 0.5) is 0 Å². The first kappa shape index (κ1) is 16.6. The summed E-state index contributed by atoms with van der Waals surface area (Å²) in [6, 6.07) is 17.8. The second-order valence-corrected chi connectivity index (χ2v) is 7.02. The molecular weight excluding hydrogens is 318 g/mol. The second kappa shape index (κ2) is 6.71. The third-order valence-corrected chi connectivity index (χ3v) is 5.23. The number of nitrogens with zero attached hydrogens (tertiary/aromatic N) is 2. The molecule has 1 amide bonds. The van der Waals surface area contributed by atoms with Gasteiger partial charge in [-0.1, -0.05) is 48.5 Å². The molecule has 5 heteroatoms. The first-order chi connectivity index (χ1) is 11.6. The van der Waals surface area contributed by atoms with Crippen LogP contribution in [0.15, 0.2) is 54.6 Å². The Labute approximate surface area is 146 Å². The molecule has 3 aromatic rings. The number of carbonyl (C=O) groups excluding carboxylic acids is 1. The Morgan fingerprint density at radius 2 is 1.79 bits per heavy atom. The number of hydrogen-bond acceptors (Lipinski definition) is 4. The van der Waals surface area contributed by atoms with Crippen LogP contribution < -0.4 is 5.73 Å². The fraction of sp³-hybridized carbons (Fsp3) is 0.263. The fourth-order valence-corrected chi connectivity index (χ4v) is 3.94. The maximum absolute atomic E-state index is 12.7. The molecule has 4 nitrogen and oxygen atoms in total. The van der Waals surface area contributed by atoms with Gasteiger partial charge in [0.25, 0.3) is 0 Å². The van der Waals surface area contributed by atoms with E-state index in [2.05, 4.69) is 9.27 Å². The van der Waals surface area contributed by atoms with E-state index in [1.165, 1.54) is 11.5 Å². The van der Waals surface area contributed by atoms with Gasteiger partial charge in [0.1, 0.15) is 5.41 Å². The highest BCUT2D eigenvalue weighted by molar-refractivity contribution is 7.13. The first-order valence-electron chi connectivity index (χ1n) is 7.91. The molecule has 0 saturated carbocycles. The molecule has 1 aromatic heterocycles. The minimum atomic E-state index is -0.925. The predicted octanol–water partition coefficient (Wildman–Crippen LogP) is 3.02. The monoisotopic (exact) mass is 339 g/mol. The van der Waals surface area contributed by atoms with Gasteiger partial charge in [-0.25, -0.2) is 0 Å². The molecular formula is C19H21N3OS. The standard InChI is InChI=1S/C19H21N3OS/c1-22(2)13-12-19(18(20)23,14-8-4-3-5-9-14)17-15-10-6-7-11-16(15)24-21-17/h3-11H,12-13H2,1-2H3,(H2,20,23). The van der Waals surface area contributed by atoms with Crippen LogP contribution in [0.3, 0.4) is 0 Å². The van der Waals surface area contributed by atoms with Crippen LogP contribution in [-0.2, 0) is 10.2 Å². The van der Waals surface area contributed by atoms with Gasteiger partial charge in [0, 0.05) is 5.39 Å². The summed E-state index contributed by atoms with van der Waals surface area (Å²) in [5, 5.41) is 1.00. The number of benzene rings is 2. The highest BCUT2D eigenvalue weighted by Crippen LogP contribution is 2.40.